The van der Waals surface area contributed by atoms with Gasteiger partial charge < -0.3 is 9.64 Å². The van der Waals surface area contributed by atoms with Crippen LogP contribution in [-0.2, 0) is 4.74 Å². The van der Waals surface area contributed by atoms with Crippen LogP contribution in [0, 0.1) is 0 Å². The Kier molecular flexibility index (Phi) is 9.35. The van der Waals surface area contributed by atoms with Crippen LogP contribution in [-0.4, -0.2) is 30.2 Å². The average Bonchev–Trinajstić information content (AvgIpc) is 2.29. The first-order valence-corrected chi connectivity index (χ1v) is 7.81. The Bertz CT molecular complexity index is 292. The van der Waals surface area contributed by atoms with Crippen LogP contribution in [0.25, 0.3) is 0 Å². The van der Waals surface area contributed by atoms with Gasteiger partial charge >= 0.3 is 6.09 Å². The minimum Gasteiger partial charge on any atom is -0.444 e. The lowest BCUT2D eigenvalue weighted by Crippen LogP contribution is -2.34. The van der Waals surface area contributed by atoms with Gasteiger partial charge in [-0.05, 0) is 47.0 Å². The smallest absolute Gasteiger partial charge is 0.410 e. The number of nitrogens with zero attached hydrogens (tertiary/aromatic N) is 1. The van der Waals surface area contributed by atoms with Crippen molar-refractivity contribution in [3.63, 3.8) is 0 Å². The van der Waals surface area contributed by atoms with Crippen molar-refractivity contribution in [2.45, 2.75) is 78.2 Å². The SMILES string of the molecule is C=C(C)CCCCCCCCN(C)C(=O)OC(C)(C)C. The van der Waals surface area contributed by atoms with Crippen molar-refractivity contribution >= 4 is 6.09 Å². The number of carbonyl (C=O) groups is 1. The van der Waals surface area contributed by atoms with Crippen LogP contribution in [0.3, 0.4) is 0 Å². The molecule has 0 heterocycles. The molecule has 3 heteroatoms. The van der Waals surface area contributed by atoms with E-state index in [4.69, 9.17) is 4.74 Å². The summed E-state index contributed by atoms with van der Waals surface area (Å²) < 4.78 is 5.31. The Morgan fingerprint density at radius 3 is 2.05 bits per heavy atom. The lowest BCUT2D eigenvalue weighted by molar-refractivity contribution is 0.0296. The van der Waals surface area contributed by atoms with Crippen LogP contribution >= 0.6 is 0 Å². The highest BCUT2D eigenvalue weighted by Gasteiger charge is 2.18. The summed E-state index contributed by atoms with van der Waals surface area (Å²) in [7, 11) is 1.81. The van der Waals surface area contributed by atoms with E-state index in [2.05, 4.69) is 13.5 Å². The maximum atomic E-state index is 11.7. The molecule has 0 atom stereocenters. The van der Waals surface area contributed by atoms with E-state index in [1.165, 1.54) is 37.7 Å². The lowest BCUT2D eigenvalue weighted by Gasteiger charge is -2.24. The van der Waals surface area contributed by atoms with E-state index >= 15 is 0 Å². The van der Waals surface area contributed by atoms with Crippen molar-refractivity contribution in [3.05, 3.63) is 12.2 Å². The zero-order valence-corrected chi connectivity index (χ0v) is 14.1. The molecular weight excluding hydrogens is 250 g/mol. The summed E-state index contributed by atoms with van der Waals surface area (Å²) in [6, 6.07) is 0. The summed E-state index contributed by atoms with van der Waals surface area (Å²) >= 11 is 0. The molecule has 0 N–H and O–H groups in total. The van der Waals surface area contributed by atoms with Gasteiger partial charge in [0, 0.05) is 13.6 Å². The Morgan fingerprint density at radius 2 is 1.55 bits per heavy atom. The largest absolute Gasteiger partial charge is 0.444 e. The van der Waals surface area contributed by atoms with Crippen LogP contribution in [0.1, 0.15) is 72.6 Å². The summed E-state index contributed by atoms with van der Waals surface area (Å²) in [4.78, 5) is 13.4. The Labute approximate surface area is 125 Å². The molecule has 0 fully saturated rings. The predicted octanol–water partition coefficient (Wildman–Crippen LogP) is 5.16. The fourth-order valence-electron chi connectivity index (χ4n) is 1.91. The zero-order chi connectivity index (χ0) is 15.6. The molecule has 0 rings (SSSR count). The number of carbonyl (C=O) groups excluding carboxylic acids is 1. The van der Waals surface area contributed by atoms with Crippen LogP contribution in [0.5, 0.6) is 0 Å². The summed E-state index contributed by atoms with van der Waals surface area (Å²) in [6.07, 6.45) is 8.24. The molecule has 0 aromatic heterocycles. The van der Waals surface area contributed by atoms with Crippen LogP contribution in [0.4, 0.5) is 4.79 Å². The molecule has 0 aliphatic heterocycles. The van der Waals surface area contributed by atoms with E-state index in [1.807, 2.05) is 20.8 Å². The third kappa shape index (κ3) is 12.1. The van der Waals surface area contributed by atoms with E-state index in [9.17, 15) is 4.79 Å². The predicted molar refractivity (Wildman–Crippen MR) is 86.0 cm³/mol. The van der Waals surface area contributed by atoms with Crippen LogP contribution < -0.4 is 0 Å². The second kappa shape index (κ2) is 9.84. The second-order valence-electron chi connectivity index (χ2n) is 6.73. The first-order chi connectivity index (χ1) is 9.22. The third-order valence-electron chi connectivity index (χ3n) is 3.05. The fourth-order valence-corrected chi connectivity index (χ4v) is 1.91. The topological polar surface area (TPSA) is 29.5 Å². The molecule has 0 saturated heterocycles. The van der Waals surface area contributed by atoms with Gasteiger partial charge in [0.25, 0.3) is 0 Å². The second-order valence-corrected chi connectivity index (χ2v) is 6.73. The zero-order valence-electron chi connectivity index (χ0n) is 14.1. The minimum absolute atomic E-state index is 0.223. The maximum Gasteiger partial charge on any atom is 0.410 e. The van der Waals surface area contributed by atoms with Crippen molar-refractivity contribution in [1.82, 2.24) is 4.90 Å². The van der Waals surface area contributed by atoms with Crippen molar-refractivity contribution in [2.24, 2.45) is 0 Å². The van der Waals surface area contributed by atoms with Gasteiger partial charge in [-0.2, -0.15) is 0 Å². The lowest BCUT2D eigenvalue weighted by atomic mass is 10.1. The Morgan fingerprint density at radius 1 is 1.05 bits per heavy atom. The monoisotopic (exact) mass is 283 g/mol. The number of rotatable bonds is 9. The molecular formula is C17H33NO2. The van der Waals surface area contributed by atoms with Gasteiger partial charge in [0.1, 0.15) is 5.60 Å². The molecule has 0 bridgehead atoms. The van der Waals surface area contributed by atoms with Gasteiger partial charge in [0.2, 0.25) is 0 Å². The molecule has 0 aliphatic rings. The van der Waals surface area contributed by atoms with E-state index in [1.54, 1.807) is 11.9 Å². The molecule has 3 nitrogen and oxygen atoms in total. The Balaban J connectivity index is 3.50. The molecule has 0 aliphatic carbocycles. The van der Waals surface area contributed by atoms with Crippen LogP contribution in [0.2, 0.25) is 0 Å². The summed E-state index contributed by atoms with van der Waals surface area (Å²) in [5.41, 5.74) is 0.873. The molecule has 0 saturated carbocycles. The van der Waals surface area contributed by atoms with Gasteiger partial charge in [0.05, 0.1) is 0 Å². The van der Waals surface area contributed by atoms with Gasteiger partial charge in [-0.15, -0.1) is 6.58 Å². The summed E-state index contributed by atoms with van der Waals surface area (Å²) in [6.45, 7) is 12.5. The van der Waals surface area contributed by atoms with Crippen molar-refractivity contribution < 1.29 is 9.53 Å². The fraction of sp³-hybridized carbons (Fsp3) is 0.824. The molecule has 0 spiro atoms. The average molecular weight is 283 g/mol. The van der Waals surface area contributed by atoms with E-state index in [-0.39, 0.29) is 6.09 Å². The molecule has 0 radical (unpaired) electrons. The highest BCUT2D eigenvalue weighted by molar-refractivity contribution is 5.67. The van der Waals surface area contributed by atoms with Crippen molar-refractivity contribution in [2.75, 3.05) is 13.6 Å². The molecule has 20 heavy (non-hydrogen) atoms. The standard InChI is InChI=1S/C17H33NO2/c1-15(2)13-11-9-7-8-10-12-14-18(6)16(19)20-17(3,4)5/h1,7-14H2,2-6H3. The summed E-state index contributed by atoms with van der Waals surface area (Å²) in [5, 5.41) is 0. The minimum atomic E-state index is -0.408. The molecule has 118 valence electrons. The number of amides is 1. The van der Waals surface area contributed by atoms with Gasteiger partial charge in [-0.1, -0.05) is 31.3 Å². The normalized spacial score (nSPS) is 11.2. The summed E-state index contributed by atoms with van der Waals surface area (Å²) in [5.74, 6) is 0. The van der Waals surface area contributed by atoms with Crippen LogP contribution in [0.15, 0.2) is 12.2 Å². The number of ether oxygens (including phenoxy) is 1. The first-order valence-electron chi connectivity index (χ1n) is 7.81. The number of allylic oxidation sites excluding steroid dienone is 1. The van der Waals surface area contributed by atoms with Gasteiger partial charge in [-0.3, -0.25) is 0 Å². The van der Waals surface area contributed by atoms with E-state index < -0.39 is 5.60 Å². The quantitative estimate of drug-likeness (QED) is 0.432. The number of unbranched alkanes of at least 4 members (excludes halogenated alkanes) is 5. The third-order valence-corrected chi connectivity index (χ3v) is 3.05. The number of hydrogen-bond donors (Lipinski definition) is 0. The van der Waals surface area contributed by atoms with E-state index in [0.29, 0.717) is 0 Å². The molecule has 0 aromatic rings. The van der Waals surface area contributed by atoms with Crippen molar-refractivity contribution in [3.8, 4) is 0 Å². The highest BCUT2D eigenvalue weighted by Crippen LogP contribution is 2.12. The highest BCUT2D eigenvalue weighted by atomic mass is 16.6. The Hall–Kier alpha value is -0.990. The first kappa shape index (κ1) is 19.0. The van der Waals surface area contributed by atoms with Gasteiger partial charge in [0.15, 0.2) is 0 Å². The van der Waals surface area contributed by atoms with Gasteiger partial charge in [-0.25, -0.2) is 4.79 Å². The van der Waals surface area contributed by atoms with E-state index in [0.717, 1.165) is 19.4 Å². The van der Waals surface area contributed by atoms with Crippen molar-refractivity contribution in [1.29, 1.82) is 0 Å². The number of hydrogen-bond acceptors (Lipinski definition) is 2. The maximum absolute atomic E-state index is 11.7. The molecule has 0 unspecified atom stereocenters. The molecule has 1 amide bonds. The molecule has 0 aromatic carbocycles.